The zero-order chi connectivity index (χ0) is 7.56. The number of hydrogen-bond acceptors (Lipinski definition) is 2. The van der Waals surface area contributed by atoms with Gasteiger partial charge in [-0.1, -0.05) is 0 Å². The van der Waals surface area contributed by atoms with Crippen LogP contribution in [-0.2, 0) is 4.79 Å². The van der Waals surface area contributed by atoms with Crippen molar-refractivity contribution in [1.29, 1.82) is 0 Å². The molecule has 0 saturated carbocycles. The van der Waals surface area contributed by atoms with Crippen molar-refractivity contribution >= 4 is 28.6 Å². The van der Waals surface area contributed by atoms with E-state index < -0.39 is 11.4 Å². The van der Waals surface area contributed by atoms with Crippen LogP contribution in [0, 0.1) is 0 Å². The first-order valence-corrected chi connectivity index (χ1v) is 4.59. The van der Waals surface area contributed by atoms with Gasteiger partial charge in [0.05, 0.1) is 0 Å². The summed E-state index contributed by atoms with van der Waals surface area (Å²) in [5.41, 5.74) is 0. The van der Waals surface area contributed by atoms with Gasteiger partial charge < -0.3 is 0 Å². The van der Waals surface area contributed by atoms with E-state index in [1.165, 1.54) is 11.8 Å². The van der Waals surface area contributed by atoms with Crippen LogP contribution in [0.15, 0.2) is 0 Å². The van der Waals surface area contributed by atoms with E-state index in [-0.39, 0.29) is 5.25 Å². The second kappa shape index (κ2) is 3.58. The van der Waals surface area contributed by atoms with Crippen LogP contribution in [-0.4, -0.2) is 22.4 Å². The highest BCUT2D eigenvalue weighted by molar-refractivity contribution is 8.00. The lowest BCUT2D eigenvalue weighted by atomic mass is 10.2. The number of carbonyl (C=O) groups excluding carboxylic acids is 1. The Balaban J connectivity index is 2.39. The molecule has 1 fully saturated rings. The molecule has 58 valence electrons. The summed E-state index contributed by atoms with van der Waals surface area (Å²) in [6.45, 7) is 0. The van der Waals surface area contributed by atoms with Gasteiger partial charge in [0.2, 0.25) is 0 Å². The van der Waals surface area contributed by atoms with Crippen LogP contribution in [0.25, 0.3) is 0 Å². The Kier molecular flexibility index (Phi) is 2.98. The van der Waals surface area contributed by atoms with Crippen LogP contribution in [0.2, 0.25) is 0 Å². The van der Waals surface area contributed by atoms with Gasteiger partial charge in [0.15, 0.2) is 6.17 Å². The molecule has 0 aliphatic carbocycles. The first-order valence-electron chi connectivity index (χ1n) is 3.17. The van der Waals surface area contributed by atoms with Gasteiger partial charge in [-0.15, -0.1) is 0 Å². The average molecular weight is 183 g/mol. The Morgan fingerprint density at radius 2 is 2.50 bits per heavy atom. The van der Waals surface area contributed by atoms with Gasteiger partial charge in [-0.05, 0) is 30.2 Å². The predicted molar refractivity (Wildman–Crippen MR) is 41.2 cm³/mol. The van der Waals surface area contributed by atoms with Gasteiger partial charge in [0, 0.05) is 5.25 Å². The molecular weight excluding hydrogens is 175 g/mol. The lowest BCUT2D eigenvalue weighted by Gasteiger charge is -2.08. The molecule has 1 nitrogen and oxygen atoms in total. The molecule has 10 heavy (non-hydrogen) atoms. The largest absolute Gasteiger partial charge is 0.278 e. The maximum absolute atomic E-state index is 12.7. The summed E-state index contributed by atoms with van der Waals surface area (Å²) >= 11 is 6.48. The molecule has 1 heterocycles. The van der Waals surface area contributed by atoms with Crippen molar-refractivity contribution in [2.24, 2.45) is 0 Å². The fourth-order valence-corrected chi connectivity index (χ4v) is 2.47. The molecule has 0 aromatic heterocycles. The highest BCUT2D eigenvalue weighted by Crippen LogP contribution is 2.30. The quantitative estimate of drug-likeness (QED) is 0.608. The van der Waals surface area contributed by atoms with E-state index in [0.29, 0.717) is 0 Å². The van der Waals surface area contributed by atoms with Gasteiger partial charge in [0.1, 0.15) is 0 Å². The maximum Gasteiger partial charge on any atom is 0.257 e. The average Bonchev–Trinajstić information content (AvgIpc) is 2.36. The normalized spacial score (nSPS) is 28.4. The molecule has 0 spiro atoms. The second-order valence-corrected chi connectivity index (χ2v) is 3.98. The Morgan fingerprint density at radius 3 is 2.90 bits per heavy atom. The molecule has 0 aromatic rings. The SMILES string of the molecule is O=C(Cl)C(F)C1CCCS1. The summed E-state index contributed by atoms with van der Waals surface area (Å²) < 4.78 is 12.7. The van der Waals surface area contributed by atoms with Crippen LogP contribution < -0.4 is 0 Å². The molecule has 1 aliphatic heterocycles. The van der Waals surface area contributed by atoms with E-state index in [0.717, 1.165) is 18.6 Å². The minimum Gasteiger partial charge on any atom is -0.278 e. The number of alkyl halides is 1. The molecule has 1 saturated heterocycles. The molecule has 0 bridgehead atoms. The third-order valence-electron chi connectivity index (χ3n) is 1.51. The predicted octanol–water partition coefficient (Wildman–Crippen LogP) is 1.99. The highest BCUT2D eigenvalue weighted by atomic mass is 35.5. The Bertz CT molecular complexity index is 136. The minimum atomic E-state index is -1.45. The summed E-state index contributed by atoms with van der Waals surface area (Å²) in [7, 11) is 0. The molecule has 4 heteroatoms. The topological polar surface area (TPSA) is 17.1 Å². The summed E-state index contributed by atoms with van der Waals surface area (Å²) in [6, 6.07) is 0. The van der Waals surface area contributed by atoms with E-state index in [1.54, 1.807) is 0 Å². The molecule has 0 radical (unpaired) electrons. The molecule has 0 amide bonds. The van der Waals surface area contributed by atoms with Crippen LogP contribution in [0.4, 0.5) is 4.39 Å². The second-order valence-electron chi connectivity index (χ2n) is 2.26. The van der Waals surface area contributed by atoms with Crippen molar-refractivity contribution in [2.75, 3.05) is 5.75 Å². The fourth-order valence-electron chi connectivity index (χ4n) is 0.980. The van der Waals surface area contributed by atoms with Crippen molar-refractivity contribution in [2.45, 2.75) is 24.3 Å². The summed E-state index contributed by atoms with van der Waals surface area (Å²) in [5, 5.41) is -1.02. The van der Waals surface area contributed by atoms with Crippen molar-refractivity contribution < 1.29 is 9.18 Å². The number of thioether (sulfide) groups is 1. The van der Waals surface area contributed by atoms with Crippen LogP contribution in [0.3, 0.4) is 0 Å². The smallest absolute Gasteiger partial charge is 0.257 e. The third-order valence-corrected chi connectivity index (χ3v) is 3.14. The fraction of sp³-hybridized carbons (Fsp3) is 0.833. The zero-order valence-corrected chi connectivity index (χ0v) is 6.92. The zero-order valence-electron chi connectivity index (χ0n) is 5.35. The number of hydrogen-bond donors (Lipinski definition) is 0. The van der Waals surface area contributed by atoms with Gasteiger partial charge in [0.25, 0.3) is 5.24 Å². The minimum absolute atomic E-state index is 0.176. The van der Waals surface area contributed by atoms with E-state index >= 15 is 0 Å². The summed E-state index contributed by atoms with van der Waals surface area (Å²) in [5.74, 6) is 0.954. The van der Waals surface area contributed by atoms with Gasteiger partial charge in [-0.2, -0.15) is 11.8 Å². The van der Waals surface area contributed by atoms with E-state index in [2.05, 4.69) is 0 Å². The van der Waals surface area contributed by atoms with Crippen LogP contribution >= 0.6 is 23.4 Å². The molecule has 0 N–H and O–H groups in total. The number of rotatable bonds is 2. The van der Waals surface area contributed by atoms with Crippen LogP contribution in [0.5, 0.6) is 0 Å². The van der Waals surface area contributed by atoms with Crippen molar-refractivity contribution in [3.05, 3.63) is 0 Å². The van der Waals surface area contributed by atoms with E-state index in [4.69, 9.17) is 11.6 Å². The summed E-state index contributed by atoms with van der Waals surface area (Å²) in [4.78, 5) is 10.3. The first-order chi connectivity index (χ1) is 4.72. The Morgan fingerprint density at radius 1 is 1.80 bits per heavy atom. The van der Waals surface area contributed by atoms with Gasteiger partial charge in [-0.3, -0.25) is 4.79 Å². The molecule has 1 aliphatic rings. The maximum atomic E-state index is 12.7. The Labute approximate surface area is 68.3 Å². The van der Waals surface area contributed by atoms with Crippen molar-refractivity contribution in [1.82, 2.24) is 0 Å². The highest BCUT2D eigenvalue weighted by Gasteiger charge is 2.29. The molecule has 1 rings (SSSR count). The monoisotopic (exact) mass is 182 g/mol. The van der Waals surface area contributed by atoms with Crippen molar-refractivity contribution in [3.63, 3.8) is 0 Å². The first kappa shape index (κ1) is 8.34. The molecular formula is C6H8ClFOS. The standard InChI is InChI=1S/C6H8ClFOS/c7-6(9)5(8)4-2-1-3-10-4/h4-5H,1-3H2. The number of carbonyl (C=O) groups is 1. The molecule has 2 unspecified atom stereocenters. The summed E-state index contributed by atoms with van der Waals surface area (Å²) in [6.07, 6.45) is 0.332. The van der Waals surface area contributed by atoms with Crippen molar-refractivity contribution in [3.8, 4) is 0 Å². The lowest BCUT2D eigenvalue weighted by Crippen LogP contribution is -2.21. The van der Waals surface area contributed by atoms with Gasteiger partial charge >= 0.3 is 0 Å². The Hall–Kier alpha value is 0.240. The van der Waals surface area contributed by atoms with E-state index in [9.17, 15) is 9.18 Å². The molecule has 0 aromatic carbocycles. The van der Waals surface area contributed by atoms with Crippen LogP contribution in [0.1, 0.15) is 12.8 Å². The number of halogens is 2. The lowest BCUT2D eigenvalue weighted by molar-refractivity contribution is -0.116. The third kappa shape index (κ3) is 1.86. The van der Waals surface area contributed by atoms with Gasteiger partial charge in [-0.25, -0.2) is 4.39 Å². The molecule has 2 atom stereocenters. The van der Waals surface area contributed by atoms with E-state index in [1.807, 2.05) is 0 Å².